The highest BCUT2D eigenvalue weighted by Crippen LogP contribution is 2.09. The lowest BCUT2D eigenvalue weighted by Gasteiger charge is -2.29. The van der Waals surface area contributed by atoms with E-state index in [1.807, 2.05) is 11.8 Å². The third-order valence-electron chi connectivity index (χ3n) is 2.87. The maximum absolute atomic E-state index is 11.7. The molecule has 1 aliphatic rings. The largest absolute Gasteiger partial charge is 0.450 e. The van der Waals surface area contributed by atoms with E-state index in [0.29, 0.717) is 12.6 Å². The van der Waals surface area contributed by atoms with Crippen LogP contribution >= 0.6 is 0 Å². The van der Waals surface area contributed by atoms with Crippen LogP contribution in [0.4, 0.5) is 4.79 Å². The smallest absolute Gasteiger partial charge is 0.409 e. The van der Waals surface area contributed by atoms with Crippen molar-refractivity contribution in [2.24, 2.45) is 0 Å². The molecule has 16 heavy (non-hydrogen) atoms. The second kappa shape index (κ2) is 7.49. The molecule has 1 amide bonds. The molecular formula is C12H24N2O2. The predicted molar refractivity (Wildman–Crippen MR) is 64.5 cm³/mol. The van der Waals surface area contributed by atoms with E-state index < -0.39 is 0 Å². The van der Waals surface area contributed by atoms with Crippen molar-refractivity contribution >= 4 is 6.09 Å². The van der Waals surface area contributed by atoms with E-state index in [1.165, 1.54) is 19.3 Å². The number of ether oxygens (including phenoxy) is 1. The van der Waals surface area contributed by atoms with Crippen molar-refractivity contribution < 1.29 is 9.53 Å². The Morgan fingerprint density at radius 2 is 2.25 bits per heavy atom. The lowest BCUT2D eigenvalue weighted by molar-refractivity contribution is 0.101. The summed E-state index contributed by atoms with van der Waals surface area (Å²) in [5.41, 5.74) is 0. The summed E-state index contributed by atoms with van der Waals surface area (Å²) in [5, 5.41) is 3.46. The van der Waals surface area contributed by atoms with Crippen LogP contribution in [0.2, 0.25) is 0 Å². The molecule has 1 unspecified atom stereocenters. The molecule has 0 aromatic heterocycles. The SMILES string of the molecule is CCCN(CC1CCCCN1)C(=O)OCC. The third kappa shape index (κ3) is 4.39. The summed E-state index contributed by atoms with van der Waals surface area (Å²) in [5.74, 6) is 0. The average Bonchev–Trinajstić information content (AvgIpc) is 2.30. The first-order valence-corrected chi connectivity index (χ1v) is 6.43. The Morgan fingerprint density at radius 3 is 2.81 bits per heavy atom. The summed E-state index contributed by atoms with van der Waals surface area (Å²) >= 11 is 0. The van der Waals surface area contributed by atoms with Crippen LogP contribution in [0.15, 0.2) is 0 Å². The third-order valence-corrected chi connectivity index (χ3v) is 2.87. The maximum Gasteiger partial charge on any atom is 0.409 e. The molecule has 1 saturated heterocycles. The number of hydrogen-bond donors (Lipinski definition) is 1. The summed E-state index contributed by atoms with van der Waals surface area (Å²) in [6.07, 6.45) is 4.49. The van der Waals surface area contributed by atoms with Gasteiger partial charge >= 0.3 is 6.09 Å². The minimum Gasteiger partial charge on any atom is -0.450 e. The minimum atomic E-state index is -0.170. The highest BCUT2D eigenvalue weighted by Gasteiger charge is 2.20. The molecule has 1 heterocycles. The molecule has 1 rings (SSSR count). The first-order valence-electron chi connectivity index (χ1n) is 6.43. The van der Waals surface area contributed by atoms with Crippen LogP contribution in [0.1, 0.15) is 39.5 Å². The van der Waals surface area contributed by atoms with Crippen molar-refractivity contribution in [1.29, 1.82) is 0 Å². The van der Waals surface area contributed by atoms with Gasteiger partial charge in [-0.25, -0.2) is 4.79 Å². The summed E-state index contributed by atoms with van der Waals surface area (Å²) in [7, 11) is 0. The van der Waals surface area contributed by atoms with Crippen LogP contribution in [0.3, 0.4) is 0 Å². The Labute approximate surface area is 98.3 Å². The second-order valence-corrected chi connectivity index (χ2v) is 4.29. The van der Waals surface area contributed by atoms with Crippen molar-refractivity contribution in [2.45, 2.75) is 45.6 Å². The van der Waals surface area contributed by atoms with Crippen molar-refractivity contribution in [3.05, 3.63) is 0 Å². The molecule has 4 heteroatoms. The number of carbonyl (C=O) groups excluding carboxylic acids is 1. The Hall–Kier alpha value is -0.770. The Bertz CT molecular complexity index is 203. The monoisotopic (exact) mass is 228 g/mol. The molecule has 0 bridgehead atoms. The molecule has 0 spiro atoms. The zero-order chi connectivity index (χ0) is 11.8. The summed E-state index contributed by atoms with van der Waals surface area (Å²) < 4.78 is 5.06. The van der Waals surface area contributed by atoms with Gasteiger partial charge in [0.25, 0.3) is 0 Å². The van der Waals surface area contributed by atoms with Crippen molar-refractivity contribution in [1.82, 2.24) is 10.2 Å². The Kier molecular flexibility index (Phi) is 6.23. The van der Waals surface area contributed by atoms with Gasteiger partial charge in [0.15, 0.2) is 0 Å². The van der Waals surface area contributed by atoms with Gasteiger partial charge in [-0.2, -0.15) is 0 Å². The standard InChI is InChI=1S/C12H24N2O2/c1-3-9-14(12(15)16-4-2)10-11-7-5-6-8-13-11/h11,13H,3-10H2,1-2H3. The summed E-state index contributed by atoms with van der Waals surface area (Å²) in [6, 6.07) is 0.449. The maximum atomic E-state index is 11.7. The normalized spacial score (nSPS) is 20.5. The van der Waals surface area contributed by atoms with Gasteiger partial charge in [-0.05, 0) is 32.7 Å². The van der Waals surface area contributed by atoms with Gasteiger partial charge in [0.05, 0.1) is 6.61 Å². The van der Waals surface area contributed by atoms with E-state index in [0.717, 1.165) is 26.1 Å². The first kappa shape index (κ1) is 13.3. The zero-order valence-corrected chi connectivity index (χ0v) is 10.5. The van der Waals surface area contributed by atoms with Crippen LogP contribution in [0, 0.1) is 0 Å². The fourth-order valence-electron chi connectivity index (χ4n) is 2.09. The number of amides is 1. The van der Waals surface area contributed by atoms with Crippen LogP contribution in [-0.2, 0) is 4.74 Å². The van der Waals surface area contributed by atoms with Crippen molar-refractivity contribution in [3.63, 3.8) is 0 Å². The molecule has 1 atom stereocenters. The van der Waals surface area contributed by atoms with E-state index in [-0.39, 0.29) is 6.09 Å². The van der Waals surface area contributed by atoms with Gasteiger partial charge in [-0.1, -0.05) is 13.3 Å². The fourth-order valence-corrected chi connectivity index (χ4v) is 2.09. The zero-order valence-electron chi connectivity index (χ0n) is 10.5. The number of piperidine rings is 1. The summed E-state index contributed by atoms with van der Waals surface area (Å²) in [6.45, 7) is 7.04. The molecule has 4 nitrogen and oxygen atoms in total. The van der Waals surface area contributed by atoms with E-state index in [2.05, 4.69) is 12.2 Å². The van der Waals surface area contributed by atoms with Crippen LogP contribution in [0.5, 0.6) is 0 Å². The molecule has 0 aromatic rings. The van der Waals surface area contributed by atoms with Crippen LogP contribution in [0.25, 0.3) is 0 Å². The highest BCUT2D eigenvalue weighted by molar-refractivity contribution is 5.67. The van der Waals surface area contributed by atoms with Gasteiger partial charge < -0.3 is 15.0 Å². The minimum absolute atomic E-state index is 0.170. The lowest BCUT2D eigenvalue weighted by atomic mass is 10.0. The van der Waals surface area contributed by atoms with E-state index in [9.17, 15) is 4.79 Å². The van der Waals surface area contributed by atoms with E-state index in [4.69, 9.17) is 4.74 Å². The van der Waals surface area contributed by atoms with Crippen LogP contribution < -0.4 is 5.32 Å². The number of hydrogen-bond acceptors (Lipinski definition) is 3. The molecule has 0 radical (unpaired) electrons. The van der Waals surface area contributed by atoms with Gasteiger partial charge in [-0.3, -0.25) is 0 Å². The highest BCUT2D eigenvalue weighted by atomic mass is 16.6. The van der Waals surface area contributed by atoms with Crippen molar-refractivity contribution in [3.8, 4) is 0 Å². The molecule has 94 valence electrons. The number of nitrogens with one attached hydrogen (secondary N) is 1. The second-order valence-electron chi connectivity index (χ2n) is 4.29. The number of rotatable bonds is 5. The predicted octanol–water partition coefficient (Wildman–Crippen LogP) is 2.00. The molecule has 1 aliphatic heterocycles. The Balaban J connectivity index is 2.39. The van der Waals surface area contributed by atoms with Crippen molar-refractivity contribution in [2.75, 3.05) is 26.2 Å². The topological polar surface area (TPSA) is 41.6 Å². The Morgan fingerprint density at radius 1 is 1.44 bits per heavy atom. The lowest BCUT2D eigenvalue weighted by Crippen LogP contribution is -2.46. The van der Waals surface area contributed by atoms with E-state index >= 15 is 0 Å². The fraction of sp³-hybridized carbons (Fsp3) is 0.917. The molecule has 0 aliphatic carbocycles. The van der Waals surface area contributed by atoms with Crippen LogP contribution in [-0.4, -0.2) is 43.3 Å². The quantitative estimate of drug-likeness (QED) is 0.782. The number of carbonyl (C=O) groups is 1. The van der Waals surface area contributed by atoms with Gasteiger partial charge in [0.2, 0.25) is 0 Å². The summed E-state index contributed by atoms with van der Waals surface area (Å²) in [4.78, 5) is 13.5. The molecule has 0 saturated carbocycles. The van der Waals surface area contributed by atoms with Gasteiger partial charge in [0.1, 0.15) is 0 Å². The molecule has 1 N–H and O–H groups in total. The first-order chi connectivity index (χ1) is 7.77. The average molecular weight is 228 g/mol. The van der Waals surface area contributed by atoms with Gasteiger partial charge in [0, 0.05) is 19.1 Å². The molecule has 1 fully saturated rings. The van der Waals surface area contributed by atoms with Gasteiger partial charge in [-0.15, -0.1) is 0 Å². The number of nitrogens with zero attached hydrogens (tertiary/aromatic N) is 1. The molecular weight excluding hydrogens is 204 g/mol. The van der Waals surface area contributed by atoms with E-state index in [1.54, 1.807) is 0 Å². The molecule has 0 aromatic carbocycles.